The summed E-state index contributed by atoms with van der Waals surface area (Å²) in [5.74, 6) is -3.05. The lowest BCUT2D eigenvalue weighted by Gasteiger charge is -2.21. The third kappa shape index (κ3) is 7.05. The van der Waals surface area contributed by atoms with Gasteiger partial charge in [-0.1, -0.05) is 12.1 Å². The first-order chi connectivity index (χ1) is 12.2. The second kappa shape index (κ2) is 9.84. The van der Waals surface area contributed by atoms with Gasteiger partial charge < -0.3 is 36.4 Å². The third-order valence-corrected chi connectivity index (χ3v) is 3.22. The summed E-state index contributed by atoms with van der Waals surface area (Å²) >= 11 is 0. The van der Waals surface area contributed by atoms with Crippen LogP contribution in [-0.2, 0) is 20.8 Å². The first kappa shape index (κ1) is 20.7. The molecule has 0 saturated carbocycles. The van der Waals surface area contributed by atoms with Gasteiger partial charge >= 0.3 is 12.1 Å². The van der Waals surface area contributed by atoms with Crippen molar-refractivity contribution in [3.05, 3.63) is 29.8 Å². The van der Waals surface area contributed by atoms with Crippen LogP contribution in [0.1, 0.15) is 5.56 Å². The van der Waals surface area contributed by atoms with E-state index in [2.05, 4.69) is 10.6 Å². The topological polar surface area (TPSA) is 185 Å². The van der Waals surface area contributed by atoms with E-state index in [9.17, 15) is 24.3 Å². The molecule has 0 aliphatic heterocycles. The van der Waals surface area contributed by atoms with Crippen molar-refractivity contribution in [3.63, 3.8) is 0 Å². The first-order valence-corrected chi connectivity index (χ1v) is 7.41. The molecule has 0 bridgehead atoms. The molecule has 26 heavy (non-hydrogen) atoms. The molecule has 142 valence electrons. The van der Waals surface area contributed by atoms with E-state index >= 15 is 0 Å². The van der Waals surface area contributed by atoms with Gasteiger partial charge in [-0.05, 0) is 17.7 Å². The number of aliphatic hydroxyl groups is 1. The predicted octanol–water partition coefficient (Wildman–Crippen LogP) is -1.75. The maximum Gasteiger partial charge on any atom is 0.405 e. The fourth-order valence-electron chi connectivity index (χ4n) is 1.98. The number of phenolic OH excluding ortho intramolecular Hbond substituents is 1. The van der Waals surface area contributed by atoms with Crippen molar-refractivity contribution in [1.82, 2.24) is 16.0 Å². The highest BCUT2D eigenvalue weighted by molar-refractivity contribution is 5.92. The number of aliphatic carboxylic acids is 1. The molecule has 7 N–H and O–H groups in total. The second-order valence-corrected chi connectivity index (χ2v) is 5.23. The van der Waals surface area contributed by atoms with Crippen LogP contribution in [0.25, 0.3) is 0 Å². The normalized spacial score (nSPS) is 12.5. The lowest BCUT2D eigenvalue weighted by atomic mass is 10.0. The van der Waals surface area contributed by atoms with Gasteiger partial charge in [0.2, 0.25) is 11.8 Å². The first-order valence-electron chi connectivity index (χ1n) is 7.41. The highest BCUT2D eigenvalue weighted by atomic mass is 16.4. The van der Waals surface area contributed by atoms with Gasteiger partial charge in [-0.2, -0.15) is 0 Å². The van der Waals surface area contributed by atoms with Crippen LogP contribution in [-0.4, -0.2) is 69.5 Å². The zero-order chi connectivity index (χ0) is 19.7. The molecule has 0 spiro atoms. The van der Waals surface area contributed by atoms with Gasteiger partial charge in [0.25, 0.3) is 0 Å². The molecular weight excluding hydrogens is 350 g/mol. The zero-order valence-electron chi connectivity index (χ0n) is 13.5. The number of nitrogens with one attached hydrogen (secondary N) is 3. The van der Waals surface area contributed by atoms with Crippen LogP contribution in [0.3, 0.4) is 0 Å². The predicted molar refractivity (Wildman–Crippen MR) is 86.4 cm³/mol. The Hall–Kier alpha value is -3.34. The second-order valence-electron chi connectivity index (χ2n) is 5.23. The Morgan fingerprint density at radius 1 is 0.923 bits per heavy atom. The molecule has 1 aromatic carbocycles. The standard InChI is InChI=1S/C15H19N3O8/c19-7-11(18-15(25)26)14(24)17-10(13(23)16-6-12(21)22)5-8-1-3-9(20)4-2-8/h1-4,10-11,18-20H,5-7H2,(H,16,23)(H,17,24)(H,21,22)(H,25,26)/t10-,11-/m0/s1. The molecular formula is C15H19N3O8. The Balaban J connectivity index is 2.89. The van der Waals surface area contributed by atoms with Crippen molar-refractivity contribution in [2.45, 2.75) is 18.5 Å². The van der Waals surface area contributed by atoms with Crippen molar-refractivity contribution < 1.29 is 39.6 Å². The molecule has 1 aromatic rings. The minimum absolute atomic E-state index is 0.00401. The molecule has 0 aromatic heterocycles. The maximum absolute atomic E-state index is 12.1. The molecule has 2 atom stereocenters. The maximum atomic E-state index is 12.1. The molecule has 0 aliphatic carbocycles. The summed E-state index contributed by atoms with van der Waals surface area (Å²) < 4.78 is 0. The summed E-state index contributed by atoms with van der Waals surface area (Å²) in [6.07, 6.45) is -1.59. The Bertz CT molecular complexity index is 661. The number of carbonyl (C=O) groups excluding carboxylic acids is 2. The van der Waals surface area contributed by atoms with E-state index < -0.39 is 49.1 Å². The van der Waals surface area contributed by atoms with E-state index in [4.69, 9.17) is 15.3 Å². The zero-order valence-corrected chi connectivity index (χ0v) is 13.5. The molecule has 0 radical (unpaired) electrons. The van der Waals surface area contributed by atoms with Crippen molar-refractivity contribution >= 4 is 23.9 Å². The van der Waals surface area contributed by atoms with E-state index in [1.54, 1.807) is 5.32 Å². The van der Waals surface area contributed by atoms with Crippen LogP contribution in [0.5, 0.6) is 5.75 Å². The number of rotatable bonds is 9. The Morgan fingerprint density at radius 3 is 2.04 bits per heavy atom. The summed E-state index contributed by atoms with van der Waals surface area (Å²) in [5, 5.41) is 41.8. The van der Waals surface area contributed by atoms with Crippen LogP contribution in [0.4, 0.5) is 4.79 Å². The van der Waals surface area contributed by atoms with Crippen LogP contribution < -0.4 is 16.0 Å². The number of benzene rings is 1. The average Bonchev–Trinajstić information content (AvgIpc) is 2.58. The van der Waals surface area contributed by atoms with Crippen LogP contribution in [0.15, 0.2) is 24.3 Å². The molecule has 0 unspecified atom stereocenters. The number of aliphatic hydroxyl groups excluding tert-OH is 1. The van der Waals surface area contributed by atoms with Crippen LogP contribution in [0.2, 0.25) is 0 Å². The quantitative estimate of drug-likeness (QED) is 0.267. The average molecular weight is 369 g/mol. The van der Waals surface area contributed by atoms with Gasteiger partial charge in [-0.15, -0.1) is 0 Å². The molecule has 0 heterocycles. The summed E-state index contributed by atoms with van der Waals surface area (Å²) in [6.45, 7) is -1.50. The number of phenols is 1. The Labute approximate surface area is 147 Å². The van der Waals surface area contributed by atoms with Crippen molar-refractivity contribution in [1.29, 1.82) is 0 Å². The Kier molecular flexibility index (Phi) is 7.83. The summed E-state index contributed by atoms with van der Waals surface area (Å²) in [7, 11) is 0. The van der Waals surface area contributed by atoms with Gasteiger partial charge in [0.15, 0.2) is 0 Å². The molecule has 0 saturated heterocycles. The van der Waals surface area contributed by atoms with Gasteiger partial charge in [0.05, 0.1) is 6.61 Å². The lowest BCUT2D eigenvalue weighted by molar-refractivity contribution is -0.138. The van der Waals surface area contributed by atoms with Crippen LogP contribution >= 0.6 is 0 Å². The van der Waals surface area contributed by atoms with E-state index in [0.29, 0.717) is 5.56 Å². The van der Waals surface area contributed by atoms with E-state index in [-0.39, 0.29) is 12.2 Å². The minimum atomic E-state index is -1.54. The minimum Gasteiger partial charge on any atom is -0.508 e. The summed E-state index contributed by atoms with van der Waals surface area (Å²) in [5.41, 5.74) is 0.547. The van der Waals surface area contributed by atoms with Gasteiger partial charge in [-0.3, -0.25) is 14.4 Å². The highest BCUT2D eigenvalue weighted by Crippen LogP contribution is 2.11. The smallest absolute Gasteiger partial charge is 0.405 e. The van der Waals surface area contributed by atoms with E-state index in [1.165, 1.54) is 24.3 Å². The van der Waals surface area contributed by atoms with Gasteiger partial charge in [0.1, 0.15) is 24.4 Å². The largest absolute Gasteiger partial charge is 0.508 e. The number of carbonyl (C=O) groups is 4. The number of hydrogen-bond donors (Lipinski definition) is 7. The van der Waals surface area contributed by atoms with Crippen LogP contribution in [0, 0.1) is 0 Å². The summed E-state index contributed by atoms with van der Waals surface area (Å²) in [6, 6.07) is 3.01. The molecule has 1 rings (SSSR count). The fourth-order valence-corrected chi connectivity index (χ4v) is 1.98. The molecule has 0 aliphatic rings. The third-order valence-electron chi connectivity index (χ3n) is 3.22. The number of aromatic hydroxyl groups is 1. The van der Waals surface area contributed by atoms with Crippen molar-refractivity contribution in [2.75, 3.05) is 13.2 Å². The number of carboxylic acids is 1. The van der Waals surface area contributed by atoms with E-state index in [0.717, 1.165) is 0 Å². The molecule has 0 fully saturated rings. The summed E-state index contributed by atoms with van der Waals surface area (Å²) in [4.78, 5) is 45.4. The van der Waals surface area contributed by atoms with Crippen molar-refractivity contribution in [3.8, 4) is 5.75 Å². The monoisotopic (exact) mass is 369 g/mol. The fraction of sp³-hybridized carbons (Fsp3) is 0.333. The molecule has 11 heteroatoms. The number of amides is 3. The molecule has 11 nitrogen and oxygen atoms in total. The van der Waals surface area contributed by atoms with E-state index in [1.807, 2.05) is 0 Å². The van der Waals surface area contributed by atoms with Crippen molar-refractivity contribution in [2.24, 2.45) is 0 Å². The molecule has 3 amide bonds. The highest BCUT2D eigenvalue weighted by Gasteiger charge is 2.26. The van der Waals surface area contributed by atoms with Gasteiger partial charge in [-0.25, -0.2) is 4.79 Å². The lowest BCUT2D eigenvalue weighted by Crippen LogP contribution is -2.55. The SMILES string of the molecule is O=C(O)CNC(=O)[C@H](Cc1ccc(O)cc1)NC(=O)[C@H](CO)NC(=O)O. The Morgan fingerprint density at radius 2 is 1.54 bits per heavy atom. The number of carboxylic acid groups (broad SMARTS) is 2. The van der Waals surface area contributed by atoms with Gasteiger partial charge in [0, 0.05) is 6.42 Å². The number of hydrogen-bond acceptors (Lipinski definition) is 6.